The standard InChI is InChI=1S/C18H39Se/c1-4-7-10-13-16-19(17-14-11-8-5-2)18-15-12-9-6-3/h4-18H2,1-3H3. The second-order valence-electron chi connectivity index (χ2n) is 5.91. The molecule has 0 aliphatic rings. The van der Waals surface area contributed by atoms with Crippen LogP contribution in [0.2, 0.25) is 16.0 Å². The van der Waals surface area contributed by atoms with E-state index in [0.29, 0.717) is 0 Å². The molecule has 1 radical (unpaired) electrons. The van der Waals surface area contributed by atoms with Crippen LogP contribution in [0.25, 0.3) is 0 Å². The first-order chi connectivity index (χ1) is 9.35. The molecule has 0 rings (SSSR count). The summed E-state index contributed by atoms with van der Waals surface area (Å²) in [5.41, 5.74) is 0. The number of hydrogen-bond donors (Lipinski definition) is 0. The summed E-state index contributed by atoms with van der Waals surface area (Å²) in [5.74, 6) is 0. The molecule has 19 heavy (non-hydrogen) atoms. The molecule has 0 nitrogen and oxygen atoms in total. The number of hydrogen-bond acceptors (Lipinski definition) is 0. The Morgan fingerprint density at radius 3 is 1.00 bits per heavy atom. The average molecular weight is 334 g/mol. The Morgan fingerprint density at radius 2 is 0.737 bits per heavy atom. The molecule has 0 amide bonds. The maximum atomic E-state index is 2.32. The minimum atomic E-state index is -0.221. The van der Waals surface area contributed by atoms with E-state index < -0.39 is 0 Å². The molecule has 0 spiro atoms. The van der Waals surface area contributed by atoms with Crippen molar-refractivity contribution < 1.29 is 0 Å². The van der Waals surface area contributed by atoms with Gasteiger partial charge < -0.3 is 0 Å². The van der Waals surface area contributed by atoms with Crippen LogP contribution in [0, 0.1) is 0 Å². The molecule has 0 aliphatic heterocycles. The SMILES string of the molecule is CCCCCC[Se](CCCCCC)CCCCCC. The summed E-state index contributed by atoms with van der Waals surface area (Å²) >= 11 is -0.221. The van der Waals surface area contributed by atoms with Crippen LogP contribution in [0.15, 0.2) is 0 Å². The third-order valence-corrected chi connectivity index (χ3v) is 9.31. The Balaban J connectivity index is 3.66. The predicted molar refractivity (Wildman–Crippen MR) is 92.6 cm³/mol. The Kier molecular flexibility index (Phi) is 17.0. The van der Waals surface area contributed by atoms with Crippen LogP contribution >= 0.6 is 0 Å². The van der Waals surface area contributed by atoms with Gasteiger partial charge in [-0.1, -0.05) is 0 Å². The Bertz CT molecular complexity index is 127. The van der Waals surface area contributed by atoms with Crippen LogP contribution in [0.3, 0.4) is 0 Å². The average Bonchev–Trinajstić information content (AvgIpc) is 2.43. The van der Waals surface area contributed by atoms with Crippen molar-refractivity contribution in [2.45, 2.75) is 114 Å². The first kappa shape index (κ1) is 19.5. The van der Waals surface area contributed by atoms with E-state index in [0.717, 1.165) is 0 Å². The zero-order chi connectivity index (χ0) is 14.2. The molecule has 0 N–H and O–H groups in total. The summed E-state index contributed by atoms with van der Waals surface area (Å²) in [6, 6.07) is 0. The van der Waals surface area contributed by atoms with Crippen LogP contribution < -0.4 is 0 Å². The van der Waals surface area contributed by atoms with Crippen LogP contribution in [-0.2, 0) is 0 Å². The first-order valence-electron chi connectivity index (χ1n) is 8.99. The van der Waals surface area contributed by atoms with Gasteiger partial charge in [0.1, 0.15) is 0 Å². The van der Waals surface area contributed by atoms with Crippen molar-refractivity contribution >= 4 is 13.9 Å². The van der Waals surface area contributed by atoms with Crippen LogP contribution in [0.1, 0.15) is 97.8 Å². The monoisotopic (exact) mass is 335 g/mol. The zero-order valence-corrected chi connectivity index (χ0v) is 15.7. The van der Waals surface area contributed by atoms with E-state index in [1.54, 1.807) is 35.2 Å². The second-order valence-corrected chi connectivity index (χ2v) is 11.0. The quantitative estimate of drug-likeness (QED) is 0.219. The predicted octanol–water partition coefficient (Wildman–Crippen LogP) is 7.22. The molecule has 0 aromatic carbocycles. The minimum absolute atomic E-state index is 0.221. The molecule has 0 atom stereocenters. The van der Waals surface area contributed by atoms with E-state index >= 15 is 0 Å². The van der Waals surface area contributed by atoms with Crippen molar-refractivity contribution in [1.29, 1.82) is 0 Å². The van der Waals surface area contributed by atoms with Gasteiger partial charge in [-0.25, -0.2) is 0 Å². The molecule has 1 heteroatoms. The van der Waals surface area contributed by atoms with Crippen molar-refractivity contribution in [3.63, 3.8) is 0 Å². The summed E-state index contributed by atoms with van der Waals surface area (Å²) < 4.78 is 0. The van der Waals surface area contributed by atoms with Gasteiger partial charge in [-0.15, -0.1) is 0 Å². The molecule has 0 saturated carbocycles. The fourth-order valence-electron chi connectivity index (χ4n) is 2.51. The van der Waals surface area contributed by atoms with Gasteiger partial charge in [0.15, 0.2) is 0 Å². The van der Waals surface area contributed by atoms with Gasteiger partial charge in [0.05, 0.1) is 0 Å². The normalized spacial score (nSPS) is 11.4. The van der Waals surface area contributed by atoms with E-state index in [1.807, 2.05) is 0 Å². The third kappa shape index (κ3) is 14.7. The summed E-state index contributed by atoms with van der Waals surface area (Å²) in [6.45, 7) is 6.97. The van der Waals surface area contributed by atoms with Gasteiger partial charge in [0.2, 0.25) is 0 Å². The maximum absolute atomic E-state index is 2.32. The van der Waals surface area contributed by atoms with Gasteiger partial charge in [0.25, 0.3) is 0 Å². The van der Waals surface area contributed by atoms with E-state index in [-0.39, 0.29) is 13.9 Å². The molecule has 0 bridgehead atoms. The van der Waals surface area contributed by atoms with Gasteiger partial charge >= 0.3 is 128 Å². The summed E-state index contributed by atoms with van der Waals surface area (Å²) in [7, 11) is 0. The van der Waals surface area contributed by atoms with Crippen molar-refractivity contribution in [2.75, 3.05) is 0 Å². The fourth-order valence-corrected chi connectivity index (χ4v) is 7.64. The Hall–Kier alpha value is 0.519. The molecular formula is C18H39Se. The summed E-state index contributed by atoms with van der Waals surface area (Å²) in [5, 5.41) is 4.91. The molecule has 0 saturated heterocycles. The van der Waals surface area contributed by atoms with E-state index in [2.05, 4.69) is 20.8 Å². The molecule has 0 heterocycles. The molecule has 0 aromatic rings. The molecule has 0 unspecified atom stereocenters. The summed E-state index contributed by atoms with van der Waals surface area (Å²) in [4.78, 5) is 0. The second kappa shape index (κ2) is 16.6. The van der Waals surface area contributed by atoms with Crippen molar-refractivity contribution in [3.8, 4) is 0 Å². The molecule has 117 valence electrons. The molecule has 0 fully saturated rings. The van der Waals surface area contributed by atoms with Crippen molar-refractivity contribution in [1.82, 2.24) is 0 Å². The van der Waals surface area contributed by atoms with Gasteiger partial charge in [-0.05, 0) is 0 Å². The van der Waals surface area contributed by atoms with Gasteiger partial charge in [-0.2, -0.15) is 0 Å². The topological polar surface area (TPSA) is 0 Å². The van der Waals surface area contributed by atoms with Crippen LogP contribution in [-0.4, -0.2) is 13.9 Å². The van der Waals surface area contributed by atoms with Gasteiger partial charge in [0, 0.05) is 0 Å². The first-order valence-corrected chi connectivity index (χ1v) is 12.6. The molecular weight excluding hydrogens is 295 g/mol. The van der Waals surface area contributed by atoms with Crippen molar-refractivity contribution in [2.24, 2.45) is 0 Å². The Labute approximate surface area is 128 Å². The zero-order valence-electron chi connectivity index (χ0n) is 14.0. The summed E-state index contributed by atoms with van der Waals surface area (Å²) in [6.07, 6.45) is 17.7. The fraction of sp³-hybridized carbons (Fsp3) is 1.00. The van der Waals surface area contributed by atoms with E-state index in [1.165, 1.54) is 57.8 Å². The molecule has 0 aliphatic carbocycles. The number of unbranched alkanes of at least 4 members (excludes halogenated alkanes) is 9. The van der Waals surface area contributed by atoms with Gasteiger partial charge in [-0.3, -0.25) is 0 Å². The van der Waals surface area contributed by atoms with Crippen molar-refractivity contribution in [3.05, 3.63) is 0 Å². The van der Waals surface area contributed by atoms with E-state index in [4.69, 9.17) is 0 Å². The van der Waals surface area contributed by atoms with Crippen LogP contribution in [0.4, 0.5) is 0 Å². The van der Waals surface area contributed by atoms with E-state index in [9.17, 15) is 0 Å². The third-order valence-electron chi connectivity index (χ3n) is 3.86. The molecule has 0 aromatic heterocycles. The van der Waals surface area contributed by atoms with Crippen LogP contribution in [0.5, 0.6) is 0 Å². The number of rotatable bonds is 15. The Morgan fingerprint density at radius 1 is 0.421 bits per heavy atom.